The molecule has 2 fully saturated rings. The van der Waals surface area contributed by atoms with Gasteiger partial charge in [-0.3, -0.25) is 14.4 Å². The van der Waals surface area contributed by atoms with Gasteiger partial charge in [0, 0.05) is 56.7 Å². The lowest BCUT2D eigenvalue weighted by Crippen LogP contribution is -2.45. The summed E-state index contributed by atoms with van der Waals surface area (Å²) in [6, 6.07) is 17.1. The standard InChI is InChI=1S/C35H48FN5O2/c1-4-24(3)34(35(42)43)40-22-29(32(23-40)28-10-7-11-30(36)18-28)21-39-14-12-27(13-15-39)33-19-31(38-41(33)5-2)17-25-8-6-9-26(16-25)20-37/h6-11,16,18-19,24,27,29,32,34H,4-5,12-15,17,20-23,37H2,1-3H3,(H,42,43)/t24-,29-,32+,34+/m0/s1. The molecule has 5 rings (SSSR count). The molecule has 43 heavy (non-hydrogen) atoms. The Labute approximate surface area is 255 Å². The lowest BCUT2D eigenvalue weighted by Gasteiger charge is -2.35. The van der Waals surface area contributed by atoms with E-state index in [1.54, 1.807) is 12.1 Å². The Morgan fingerprint density at radius 3 is 2.49 bits per heavy atom. The van der Waals surface area contributed by atoms with E-state index in [0.717, 1.165) is 75.2 Å². The molecule has 2 aliphatic heterocycles. The van der Waals surface area contributed by atoms with Crippen molar-refractivity contribution in [3.63, 3.8) is 0 Å². The summed E-state index contributed by atoms with van der Waals surface area (Å²) in [5.41, 5.74) is 11.6. The zero-order chi connectivity index (χ0) is 30.5. The molecule has 3 heterocycles. The number of rotatable bonds is 12. The molecule has 0 unspecified atom stereocenters. The molecule has 2 aliphatic rings. The first kappa shape index (κ1) is 31.4. The summed E-state index contributed by atoms with van der Waals surface area (Å²) in [5.74, 6) is -0.103. The Balaban J connectivity index is 1.26. The van der Waals surface area contributed by atoms with Gasteiger partial charge in [-0.05, 0) is 79.6 Å². The molecule has 7 nitrogen and oxygen atoms in total. The molecular formula is C35H48FN5O2. The summed E-state index contributed by atoms with van der Waals surface area (Å²) in [5, 5.41) is 15.1. The summed E-state index contributed by atoms with van der Waals surface area (Å²) >= 11 is 0. The number of piperidine rings is 1. The van der Waals surface area contributed by atoms with Crippen LogP contribution in [0.3, 0.4) is 0 Å². The third-order valence-corrected chi connectivity index (χ3v) is 9.85. The van der Waals surface area contributed by atoms with E-state index in [4.69, 9.17) is 10.8 Å². The minimum absolute atomic E-state index is 0.0538. The number of carboxylic acid groups (broad SMARTS) is 1. The molecule has 0 bridgehead atoms. The van der Waals surface area contributed by atoms with Crippen LogP contribution in [0.1, 0.15) is 79.9 Å². The average molecular weight is 590 g/mol. The molecule has 232 valence electrons. The van der Waals surface area contributed by atoms with Crippen LogP contribution < -0.4 is 5.73 Å². The van der Waals surface area contributed by atoms with Crippen LogP contribution in [0.15, 0.2) is 54.6 Å². The third kappa shape index (κ3) is 7.36. The van der Waals surface area contributed by atoms with Gasteiger partial charge in [0.15, 0.2) is 0 Å². The number of carbonyl (C=O) groups is 1. The highest BCUT2D eigenvalue weighted by molar-refractivity contribution is 5.74. The van der Waals surface area contributed by atoms with Gasteiger partial charge >= 0.3 is 5.97 Å². The van der Waals surface area contributed by atoms with Crippen molar-refractivity contribution in [3.8, 4) is 0 Å². The van der Waals surface area contributed by atoms with E-state index >= 15 is 0 Å². The van der Waals surface area contributed by atoms with Crippen molar-refractivity contribution in [2.24, 2.45) is 17.6 Å². The van der Waals surface area contributed by atoms with Crippen LogP contribution in [0.25, 0.3) is 0 Å². The summed E-state index contributed by atoms with van der Waals surface area (Å²) < 4.78 is 16.4. The maximum absolute atomic E-state index is 14.3. The van der Waals surface area contributed by atoms with E-state index in [0.29, 0.717) is 19.0 Å². The Morgan fingerprint density at radius 1 is 1.07 bits per heavy atom. The summed E-state index contributed by atoms with van der Waals surface area (Å²) in [7, 11) is 0. The van der Waals surface area contributed by atoms with Crippen LogP contribution in [0, 0.1) is 17.7 Å². The van der Waals surface area contributed by atoms with Crippen LogP contribution in [-0.4, -0.2) is 69.4 Å². The number of likely N-dealkylation sites (tertiary alicyclic amines) is 2. The zero-order valence-electron chi connectivity index (χ0n) is 26.0. The number of nitrogens with zero attached hydrogens (tertiary/aromatic N) is 4. The highest BCUT2D eigenvalue weighted by Gasteiger charge is 2.42. The molecule has 8 heteroatoms. The van der Waals surface area contributed by atoms with Crippen LogP contribution in [0.4, 0.5) is 4.39 Å². The van der Waals surface area contributed by atoms with E-state index < -0.39 is 12.0 Å². The predicted molar refractivity (Wildman–Crippen MR) is 169 cm³/mol. The smallest absolute Gasteiger partial charge is 0.321 e. The topological polar surface area (TPSA) is 87.6 Å². The minimum Gasteiger partial charge on any atom is -0.480 e. The van der Waals surface area contributed by atoms with Crippen LogP contribution in [0.5, 0.6) is 0 Å². The molecule has 0 aliphatic carbocycles. The fourth-order valence-electron chi connectivity index (χ4n) is 7.39. The lowest BCUT2D eigenvalue weighted by atomic mass is 9.87. The number of halogens is 1. The van der Waals surface area contributed by atoms with Gasteiger partial charge in [-0.2, -0.15) is 5.10 Å². The van der Waals surface area contributed by atoms with Crippen molar-refractivity contribution in [2.75, 3.05) is 32.7 Å². The Bertz CT molecular complexity index is 1370. The monoisotopic (exact) mass is 589 g/mol. The highest BCUT2D eigenvalue weighted by Crippen LogP contribution is 2.37. The highest BCUT2D eigenvalue weighted by atomic mass is 19.1. The first-order chi connectivity index (χ1) is 20.8. The number of nitrogens with two attached hydrogens (primary N) is 1. The molecule has 3 N–H and O–H groups in total. The molecule has 0 radical (unpaired) electrons. The SMILES string of the molecule is CC[C@H](C)[C@H](C(=O)O)N1C[C@H](CN2CCC(c3cc(Cc4cccc(CN)c4)nn3CC)CC2)[C@@H](c2cccc(F)c2)C1. The molecule has 2 saturated heterocycles. The Kier molecular flexibility index (Phi) is 10.3. The van der Waals surface area contributed by atoms with E-state index in [9.17, 15) is 14.3 Å². The second-order valence-electron chi connectivity index (χ2n) is 12.7. The van der Waals surface area contributed by atoms with E-state index in [-0.39, 0.29) is 23.6 Å². The number of carboxylic acids is 1. The fourth-order valence-corrected chi connectivity index (χ4v) is 7.39. The quantitative estimate of drug-likeness (QED) is 0.291. The number of benzene rings is 2. The van der Waals surface area contributed by atoms with Gasteiger partial charge < -0.3 is 15.7 Å². The average Bonchev–Trinajstić information content (AvgIpc) is 3.61. The van der Waals surface area contributed by atoms with Crippen molar-refractivity contribution in [1.82, 2.24) is 19.6 Å². The second kappa shape index (κ2) is 14.1. The van der Waals surface area contributed by atoms with Crippen LogP contribution in [0.2, 0.25) is 0 Å². The van der Waals surface area contributed by atoms with E-state index in [1.165, 1.54) is 17.3 Å². The normalized spacial score (nSPS) is 21.7. The van der Waals surface area contributed by atoms with Crippen molar-refractivity contribution < 1.29 is 14.3 Å². The van der Waals surface area contributed by atoms with Gasteiger partial charge in [0.05, 0.1) is 5.69 Å². The van der Waals surface area contributed by atoms with Crippen molar-refractivity contribution in [1.29, 1.82) is 0 Å². The summed E-state index contributed by atoms with van der Waals surface area (Å²) in [4.78, 5) is 17.0. The van der Waals surface area contributed by atoms with E-state index in [1.807, 2.05) is 13.0 Å². The molecule has 0 amide bonds. The van der Waals surface area contributed by atoms with Gasteiger partial charge in [0.25, 0.3) is 0 Å². The Hall–Kier alpha value is -3.07. The fraction of sp³-hybridized carbons (Fsp3) is 0.543. The largest absolute Gasteiger partial charge is 0.480 e. The predicted octanol–water partition coefficient (Wildman–Crippen LogP) is 5.49. The van der Waals surface area contributed by atoms with Crippen molar-refractivity contribution in [2.45, 2.75) is 77.4 Å². The first-order valence-corrected chi connectivity index (χ1v) is 16.1. The lowest BCUT2D eigenvalue weighted by molar-refractivity contribution is -0.145. The first-order valence-electron chi connectivity index (χ1n) is 16.1. The minimum atomic E-state index is -0.757. The molecule has 0 spiro atoms. The van der Waals surface area contributed by atoms with Crippen molar-refractivity contribution in [3.05, 3.63) is 88.5 Å². The summed E-state index contributed by atoms with van der Waals surface area (Å²) in [6.07, 6.45) is 3.76. The number of hydrogen-bond donors (Lipinski definition) is 2. The molecule has 2 aromatic carbocycles. The van der Waals surface area contributed by atoms with Crippen LogP contribution in [-0.2, 0) is 24.3 Å². The summed E-state index contributed by atoms with van der Waals surface area (Å²) in [6.45, 7) is 11.9. The number of aliphatic carboxylic acids is 1. The molecule has 1 aromatic heterocycles. The molecular weight excluding hydrogens is 541 g/mol. The maximum atomic E-state index is 14.3. The molecule has 3 aromatic rings. The molecule has 4 atom stereocenters. The van der Waals surface area contributed by atoms with E-state index in [2.05, 4.69) is 58.7 Å². The Morgan fingerprint density at radius 2 is 1.81 bits per heavy atom. The molecule has 0 saturated carbocycles. The van der Waals surface area contributed by atoms with Gasteiger partial charge in [-0.25, -0.2) is 4.39 Å². The maximum Gasteiger partial charge on any atom is 0.321 e. The zero-order valence-corrected chi connectivity index (χ0v) is 26.0. The van der Waals surface area contributed by atoms with Crippen LogP contribution >= 0.6 is 0 Å². The number of aryl methyl sites for hydroxylation is 1. The van der Waals surface area contributed by atoms with Gasteiger partial charge in [0.2, 0.25) is 0 Å². The third-order valence-electron chi connectivity index (χ3n) is 9.85. The van der Waals surface area contributed by atoms with Gasteiger partial charge in [0.1, 0.15) is 11.9 Å². The number of aromatic nitrogens is 2. The second-order valence-corrected chi connectivity index (χ2v) is 12.7. The van der Waals surface area contributed by atoms with Gasteiger partial charge in [-0.1, -0.05) is 56.7 Å². The van der Waals surface area contributed by atoms with Gasteiger partial charge in [-0.15, -0.1) is 0 Å². The number of hydrogen-bond acceptors (Lipinski definition) is 5. The van der Waals surface area contributed by atoms with Crippen molar-refractivity contribution >= 4 is 5.97 Å².